The van der Waals surface area contributed by atoms with Crippen LogP contribution in [0.25, 0.3) is 0 Å². The van der Waals surface area contributed by atoms with Gasteiger partial charge in [0.1, 0.15) is 0 Å². The number of unbranched alkanes of at least 4 members (excludes halogenated alkanes) is 11. The lowest BCUT2D eigenvalue weighted by molar-refractivity contribution is 0.112. The van der Waals surface area contributed by atoms with E-state index >= 15 is 0 Å². The van der Waals surface area contributed by atoms with E-state index in [2.05, 4.69) is 19.1 Å². The van der Waals surface area contributed by atoms with E-state index in [1.165, 1.54) is 64.2 Å². The molecular weight excluding hydrogens is 336 g/mol. The van der Waals surface area contributed by atoms with Crippen LogP contribution >= 0.6 is 0 Å². The van der Waals surface area contributed by atoms with Gasteiger partial charge >= 0.3 is 0 Å². The van der Waals surface area contributed by atoms with Gasteiger partial charge in [-0.3, -0.25) is 4.79 Å². The van der Waals surface area contributed by atoms with Crippen LogP contribution in [-0.2, 0) is 6.42 Å². The number of carbonyl (C=O) groups excluding carboxylic acids is 1. The topological polar surface area (TPSA) is 57.5 Å². The van der Waals surface area contributed by atoms with E-state index < -0.39 is 0 Å². The standard InChI is InChI=1S/C24H38O3/c1-2-3-4-5-6-7-8-9-10-11-12-13-14-15-16-17-21-18-19-22(20-25)24(27)23(21)26/h10-11,18-20,26-27H,2-9,12-17H2,1H3/b11-10-. The molecule has 0 aliphatic heterocycles. The van der Waals surface area contributed by atoms with Crippen molar-refractivity contribution < 1.29 is 15.0 Å². The molecule has 0 saturated heterocycles. The molecule has 0 aliphatic carbocycles. The zero-order valence-electron chi connectivity index (χ0n) is 17.1. The number of allylic oxidation sites excluding steroid dienone is 2. The Morgan fingerprint density at radius 3 is 1.89 bits per heavy atom. The number of benzene rings is 1. The number of aryl methyl sites for hydroxylation is 1. The van der Waals surface area contributed by atoms with Crippen molar-refractivity contribution in [3.8, 4) is 11.5 Å². The monoisotopic (exact) mass is 374 g/mol. The summed E-state index contributed by atoms with van der Waals surface area (Å²) < 4.78 is 0. The Bertz CT molecular complexity index is 549. The van der Waals surface area contributed by atoms with Gasteiger partial charge in [-0.2, -0.15) is 0 Å². The number of aldehydes is 1. The highest BCUT2D eigenvalue weighted by molar-refractivity contribution is 5.81. The van der Waals surface area contributed by atoms with Crippen molar-refractivity contribution in [2.75, 3.05) is 0 Å². The Morgan fingerprint density at radius 2 is 1.30 bits per heavy atom. The smallest absolute Gasteiger partial charge is 0.168 e. The first-order valence-corrected chi connectivity index (χ1v) is 10.8. The van der Waals surface area contributed by atoms with Gasteiger partial charge in [-0.25, -0.2) is 0 Å². The van der Waals surface area contributed by atoms with Crippen LogP contribution in [0.4, 0.5) is 0 Å². The van der Waals surface area contributed by atoms with Crippen molar-refractivity contribution in [2.45, 2.75) is 96.8 Å². The molecule has 0 aromatic heterocycles. The minimum absolute atomic E-state index is 0.138. The van der Waals surface area contributed by atoms with Crippen molar-refractivity contribution in [1.82, 2.24) is 0 Å². The molecule has 0 atom stereocenters. The molecule has 2 N–H and O–H groups in total. The molecule has 0 saturated carbocycles. The summed E-state index contributed by atoms with van der Waals surface area (Å²) in [6, 6.07) is 3.29. The molecule has 1 rings (SSSR count). The Kier molecular flexibility index (Phi) is 13.2. The zero-order valence-corrected chi connectivity index (χ0v) is 17.1. The van der Waals surface area contributed by atoms with E-state index in [1.807, 2.05) is 0 Å². The molecule has 0 radical (unpaired) electrons. The van der Waals surface area contributed by atoms with Crippen LogP contribution in [0.3, 0.4) is 0 Å². The highest BCUT2D eigenvalue weighted by Gasteiger charge is 2.10. The van der Waals surface area contributed by atoms with Crippen LogP contribution in [0.1, 0.15) is 106 Å². The van der Waals surface area contributed by atoms with Gasteiger partial charge in [-0.05, 0) is 50.2 Å². The number of hydrogen-bond donors (Lipinski definition) is 2. The summed E-state index contributed by atoms with van der Waals surface area (Å²) in [5.41, 5.74) is 0.854. The second kappa shape index (κ2) is 15.3. The maximum absolute atomic E-state index is 10.7. The average molecular weight is 375 g/mol. The summed E-state index contributed by atoms with van der Waals surface area (Å²) in [6.07, 6.45) is 22.4. The van der Waals surface area contributed by atoms with Gasteiger partial charge in [-0.15, -0.1) is 0 Å². The van der Waals surface area contributed by atoms with Gasteiger partial charge in [-0.1, -0.05) is 76.5 Å². The summed E-state index contributed by atoms with van der Waals surface area (Å²) in [5.74, 6) is -0.443. The Hall–Kier alpha value is -1.77. The highest BCUT2D eigenvalue weighted by Crippen LogP contribution is 2.32. The van der Waals surface area contributed by atoms with Gasteiger partial charge in [0.25, 0.3) is 0 Å². The third-order valence-electron chi connectivity index (χ3n) is 5.10. The van der Waals surface area contributed by atoms with E-state index in [0.717, 1.165) is 25.7 Å². The molecule has 0 aliphatic rings. The summed E-state index contributed by atoms with van der Waals surface area (Å²) in [6.45, 7) is 2.26. The number of rotatable bonds is 16. The molecular formula is C24H38O3. The molecule has 3 heteroatoms. The fraction of sp³-hybridized carbons (Fsp3) is 0.625. The number of hydrogen-bond acceptors (Lipinski definition) is 3. The summed E-state index contributed by atoms with van der Waals surface area (Å²) >= 11 is 0. The summed E-state index contributed by atoms with van der Waals surface area (Å²) in [5, 5.41) is 19.6. The molecule has 0 heterocycles. The molecule has 1 aromatic rings. The molecule has 1 aromatic carbocycles. The van der Waals surface area contributed by atoms with Crippen LogP contribution in [0.5, 0.6) is 11.5 Å². The maximum atomic E-state index is 10.7. The SMILES string of the molecule is CCCCCCCCC/C=C\CCCCCCc1ccc(C=O)c(O)c1O. The quantitative estimate of drug-likeness (QED) is 0.140. The van der Waals surface area contributed by atoms with Gasteiger partial charge in [0.05, 0.1) is 5.56 Å². The van der Waals surface area contributed by atoms with Crippen molar-refractivity contribution in [2.24, 2.45) is 0 Å². The van der Waals surface area contributed by atoms with Crippen molar-refractivity contribution in [3.05, 3.63) is 35.4 Å². The first-order chi connectivity index (χ1) is 13.2. The van der Waals surface area contributed by atoms with E-state index in [0.29, 0.717) is 11.8 Å². The van der Waals surface area contributed by atoms with E-state index in [1.54, 1.807) is 12.1 Å². The number of phenols is 2. The van der Waals surface area contributed by atoms with Gasteiger partial charge < -0.3 is 10.2 Å². The third-order valence-corrected chi connectivity index (χ3v) is 5.10. The second-order valence-electron chi connectivity index (χ2n) is 7.46. The Morgan fingerprint density at radius 1 is 0.741 bits per heavy atom. The number of carbonyl (C=O) groups is 1. The number of phenolic OH excluding ortho intramolecular Hbond substituents is 2. The first kappa shape index (κ1) is 23.3. The van der Waals surface area contributed by atoms with Crippen LogP contribution in [-0.4, -0.2) is 16.5 Å². The van der Waals surface area contributed by atoms with E-state index in [4.69, 9.17) is 0 Å². The molecule has 0 bridgehead atoms. The van der Waals surface area contributed by atoms with Crippen LogP contribution < -0.4 is 0 Å². The molecule has 27 heavy (non-hydrogen) atoms. The summed E-state index contributed by atoms with van der Waals surface area (Å²) in [4.78, 5) is 10.7. The van der Waals surface area contributed by atoms with Gasteiger partial charge in [0, 0.05) is 0 Å². The van der Waals surface area contributed by atoms with Crippen molar-refractivity contribution in [3.63, 3.8) is 0 Å². The van der Waals surface area contributed by atoms with Crippen molar-refractivity contribution >= 4 is 6.29 Å². The summed E-state index contributed by atoms with van der Waals surface area (Å²) in [7, 11) is 0. The van der Waals surface area contributed by atoms with Crippen molar-refractivity contribution in [1.29, 1.82) is 0 Å². The molecule has 0 fully saturated rings. The second-order valence-corrected chi connectivity index (χ2v) is 7.46. The van der Waals surface area contributed by atoms with Crippen LogP contribution in [0.2, 0.25) is 0 Å². The minimum atomic E-state index is -0.298. The first-order valence-electron chi connectivity index (χ1n) is 10.8. The minimum Gasteiger partial charge on any atom is -0.504 e. The molecule has 0 amide bonds. The molecule has 0 spiro atoms. The van der Waals surface area contributed by atoms with E-state index in [-0.39, 0.29) is 17.1 Å². The van der Waals surface area contributed by atoms with Crippen LogP contribution in [0, 0.1) is 0 Å². The molecule has 3 nitrogen and oxygen atoms in total. The predicted octanol–water partition coefficient (Wildman–Crippen LogP) is 7.10. The largest absolute Gasteiger partial charge is 0.504 e. The highest BCUT2D eigenvalue weighted by atomic mass is 16.3. The Balaban J connectivity index is 1.99. The zero-order chi connectivity index (χ0) is 19.7. The van der Waals surface area contributed by atoms with Gasteiger partial charge in [0.2, 0.25) is 0 Å². The lowest BCUT2D eigenvalue weighted by atomic mass is 10.0. The average Bonchev–Trinajstić information content (AvgIpc) is 2.68. The van der Waals surface area contributed by atoms with E-state index in [9.17, 15) is 15.0 Å². The molecule has 0 unspecified atom stereocenters. The third kappa shape index (κ3) is 10.2. The normalized spacial score (nSPS) is 11.3. The molecule has 152 valence electrons. The lowest BCUT2D eigenvalue weighted by Crippen LogP contribution is -1.90. The van der Waals surface area contributed by atoms with Gasteiger partial charge in [0.15, 0.2) is 17.8 Å². The maximum Gasteiger partial charge on any atom is 0.168 e. The fourth-order valence-electron chi connectivity index (χ4n) is 3.32. The number of aromatic hydroxyl groups is 2. The fourth-order valence-corrected chi connectivity index (χ4v) is 3.32. The predicted molar refractivity (Wildman–Crippen MR) is 114 cm³/mol. The van der Waals surface area contributed by atoms with Crippen LogP contribution in [0.15, 0.2) is 24.3 Å². The Labute approximate surface area is 165 Å². The lowest BCUT2D eigenvalue weighted by Gasteiger charge is -2.07.